The second kappa shape index (κ2) is 6.29. The van der Waals surface area contributed by atoms with Crippen molar-refractivity contribution in [2.24, 2.45) is 0 Å². The van der Waals surface area contributed by atoms with Gasteiger partial charge in [-0.05, 0) is 6.92 Å². The summed E-state index contributed by atoms with van der Waals surface area (Å²) in [7, 11) is -2.55. The van der Waals surface area contributed by atoms with Crippen LogP contribution in [0.25, 0.3) is 0 Å². The normalized spacial score (nSPS) is 13.2. The summed E-state index contributed by atoms with van der Waals surface area (Å²) in [5.74, 6) is 0. The Morgan fingerprint density at radius 1 is 0.950 bits per heavy atom. The Hall–Kier alpha value is -0.836. The highest BCUT2D eigenvalue weighted by Crippen LogP contribution is 2.05. The molecular weight excluding hydrogens is 296 g/mol. The third-order valence-corrected chi connectivity index (χ3v) is 9.31. The highest BCUT2D eigenvalue weighted by molar-refractivity contribution is 6.91. The third kappa shape index (κ3) is 3.63. The van der Waals surface area contributed by atoms with Crippen LogP contribution in [0, 0.1) is 6.92 Å². The smallest absolute Gasteiger partial charge is 0.117 e. The molecule has 0 saturated heterocycles. The number of benzene rings is 2. The first-order valence-corrected chi connectivity index (χ1v) is 13.2. The van der Waals surface area contributed by atoms with Crippen LogP contribution >= 0.6 is 11.6 Å². The predicted molar refractivity (Wildman–Crippen MR) is 97.7 cm³/mol. The SMILES string of the molecule is Cc1cc([SiH](CCl)c2ccccc2)cc([Si](C)(C)C)c1. The molecule has 0 heterocycles. The average Bonchev–Trinajstić information content (AvgIpc) is 2.39. The van der Waals surface area contributed by atoms with Crippen molar-refractivity contribution in [1.82, 2.24) is 0 Å². The summed E-state index contributed by atoms with van der Waals surface area (Å²) in [5.41, 5.74) is 2.14. The van der Waals surface area contributed by atoms with Gasteiger partial charge in [-0.25, -0.2) is 0 Å². The molecule has 0 amide bonds. The molecule has 0 aliphatic rings. The van der Waals surface area contributed by atoms with E-state index in [4.69, 9.17) is 11.6 Å². The van der Waals surface area contributed by atoms with Gasteiger partial charge in [0, 0.05) is 5.50 Å². The van der Waals surface area contributed by atoms with Gasteiger partial charge in [0.05, 0.1) is 8.07 Å². The van der Waals surface area contributed by atoms with E-state index < -0.39 is 16.9 Å². The Balaban J connectivity index is 2.48. The van der Waals surface area contributed by atoms with Crippen LogP contribution in [0.15, 0.2) is 48.5 Å². The van der Waals surface area contributed by atoms with Crippen molar-refractivity contribution in [3.63, 3.8) is 0 Å². The van der Waals surface area contributed by atoms with Crippen molar-refractivity contribution >= 4 is 44.0 Å². The Bertz CT molecular complexity index is 573. The minimum atomic E-state index is -1.28. The van der Waals surface area contributed by atoms with Crippen LogP contribution in [0.1, 0.15) is 5.56 Å². The Kier molecular flexibility index (Phi) is 4.89. The maximum absolute atomic E-state index is 6.33. The first-order valence-electron chi connectivity index (χ1n) is 7.15. The van der Waals surface area contributed by atoms with Gasteiger partial charge in [-0.2, -0.15) is 0 Å². The summed E-state index contributed by atoms with van der Waals surface area (Å²) in [5, 5.41) is 4.48. The highest BCUT2D eigenvalue weighted by Gasteiger charge is 2.21. The summed E-state index contributed by atoms with van der Waals surface area (Å²) in [6, 6.07) is 17.9. The molecule has 1 atom stereocenters. The van der Waals surface area contributed by atoms with E-state index in [9.17, 15) is 0 Å². The molecule has 2 aromatic rings. The van der Waals surface area contributed by atoms with Crippen molar-refractivity contribution in [3.8, 4) is 0 Å². The third-order valence-electron chi connectivity index (χ3n) is 3.72. The van der Waals surface area contributed by atoms with Crippen LogP contribution in [0.2, 0.25) is 19.6 Å². The Morgan fingerprint density at radius 3 is 2.15 bits per heavy atom. The summed E-state index contributed by atoms with van der Waals surface area (Å²) in [4.78, 5) is 0. The fourth-order valence-electron chi connectivity index (χ4n) is 2.50. The minimum absolute atomic E-state index is 0.763. The fourth-order valence-corrected chi connectivity index (χ4v) is 7.27. The molecular formula is C17H23ClSi2. The van der Waals surface area contributed by atoms with Gasteiger partial charge in [0.25, 0.3) is 0 Å². The first-order chi connectivity index (χ1) is 9.41. The van der Waals surface area contributed by atoms with Crippen molar-refractivity contribution < 1.29 is 0 Å². The predicted octanol–water partition coefficient (Wildman–Crippen LogP) is 2.66. The summed E-state index contributed by atoms with van der Waals surface area (Å²) < 4.78 is 0. The van der Waals surface area contributed by atoms with Gasteiger partial charge < -0.3 is 0 Å². The lowest BCUT2D eigenvalue weighted by atomic mass is 10.2. The molecule has 0 radical (unpaired) electrons. The van der Waals surface area contributed by atoms with E-state index in [2.05, 4.69) is 75.1 Å². The lowest BCUT2D eigenvalue weighted by Crippen LogP contribution is -2.48. The number of hydrogen-bond acceptors (Lipinski definition) is 0. The van der Waals surface area contributed by atoms with E-state index >= 15 is 0 Å². The molecule has 0 aliphatic carbocycles. The Morgan fingerprint density at radius 2 is 1.60 bits per heavy atom. The van der Waals surface area contributed by atoms with E-state index in [1.807, 2.05) is 0 Å². The lowest BCUT2D eigenvalue weighted by Gasteiger charge is -2.21. The summed E-state index contributed by atoms with van der Waals surface area (Å²) in [6.07, 6.45) is 0. The van der Waals surface area contributed by atoms with E-state index in [1.54, 1.807) is 5.19 Å². The standard InChI is InChI=1S/C17H23ClSi2/c1-14-10-16(12-17(11-14)20(2,3)4)19(13-18)15-8-6-5-7-9-15/h5-12,19H,13H2,1-4H3. The van der Waals surface area contributed by atoms with E-state index in [-0.39, 0.29) is 0 Å². The Labute approximate surface area is 130 Å². The number of hydrogen-bond donors (Lipinski definition) is 0. The molecule has 0 saturated carbocycles. The van der Waals surface area contributed by atoms with E-state index in [1.165, 1.54) is 15.9 Å². The number of halogens is 1. The van der Waals surface area contributed by atoms with Crippen LogP contribution in [0.4, 0.5) is 0 Å². The van der Waals surface area contributed by atoms with Crippen molar-refractivity contribution in [2.45, 2.75) is 26.6 Å². The second-order valence-corrected chi connectivity index (χ2v) is 15.3. The van der Waals surface area contributed by atoms with Crippen LogP contribution < -0.4 is 15.6 Å². The summed E-state index contributed by atoms with van der Waals surface area (Å²) >= 11 is 6.33. The molecule has 0 spiro atoms. The number of alkyl halides is 1. The van der Waals surface area contributed by atoms with Crippen LogP contribution in [0.5, 0.6) is 0 Å². The van der Waals surface area contributed by atoms with E-state index in [0.717, 1.165) is 5.50 Å². The van der Waals surface area contributed by atoms with Crippen molar-refractivity contribution in [3.05, 3.63) is 54.1 Å². The van der Waals surface area contributed by atoms with Crippen LogP contribution in [-0.4, -0.2) is 22.4 Å². The van der Waals surface area contributed by atoms with Gasteiger partial charge in [0.2, 0.25) is 0 Å². The monoisotopic (exact) mass is 318 g/mol. The van der Waals surface area contributed by atoms with Crippen molar-refractivity contribution in [2.75, 3.05) is 5.50 Å². The molecule has 3 heteroatoms. The molecule has 0 nitrogen and oxygen atoms in total. The molecule has 106 valence electrons. The van der Waals surface area contributed by atoms with Crippen LogP contribution in [-0.2, 0) is 0 Å². The topological polar surface area (TPSA) is 0 Å². The zero-order valence-electron chi connectivity index (χ0n) is 12.8. The zero-order chi connectivity index (χ0) is 14.8. The number of rotatable bonds is 4. The fraction of sp³-hybridized carbons (Fsp3) is 0.294. The quantitative estimate of drug-likeness (QED) is 0.600. The van der Waals surface area contributed by atoms with Crippen LogP contribution in [0.3, 0.4) is 0 Å². The van der Waals surface area contributed by atoms with E-state index in [0.29, 0.717) is 0 Å². The van der Waals surface area contributed by atoms with Gasteiger partial charge in [0.1, 0.15) is 8.80 Å². The average molecular weight is 319 g/mol. The molecule has 0 aliphatic heterocycles. The molecule has 2 rings (SSSR count). The zero-order valence-corrected chi connectivity index (χ0v) is 15.7. The first kappa shape index (κ1) is 15.6. The van der Waals surface area contributed by atoms with Gasteiger partial charge in [-0.3, -0.25) is 0 Å². The van der Waals surface area contributed by atoms with Crippen molar-refractivity contribution in [1.29, 1.82) is 0 Å². The largest absolute Gasteiger partial charge is 0.130 e. The van der Waals surface area contributed by atoms with Gasteiger partial charge in [-0.1, -0.05) is 89.3 Å². The second-order valence-electron chi connectivity index (χ2n) is 6.50. The molecule has 20 heavy (non-hydrogen) atoms. The number of aryl methyl sites for hydroxylation is 1. The highest BCUT2D eigenvalue weighted by atomic mass is 35.5. The maximum atomic E-state index is 6.33. The molecule has 1 unspecified atom stereocenters. The van der Waals surface area contributed by atoms with Gasteiger partial charge in [0.15, 0.2) is 0 Å². The maximum Gasteiger partial charge on any atom is 0.117 e. The molecule has 0 aromatic heterocycles. The summed E-state index contributed by atoms with van der Waals surface area (Å²) in [6.45, 7) is 9.43. The molecule has 0 fully saturated rings. The molecule has 0 bridgehead atoms. The molecule has 2 aromatic carbocycles. The van der Waals surface area contributed by atoms with Gasteiger partial charge >= 0.3 is 0 Å². The van der Waals surface area contributed by atoms with Gasteiger partial charge in [-0.15, -0.1) is 11.6 Å². The lowest BCUT2D eigenvalue weighted by molar-refractivity contribution is 1.50. The molecule has 0 N–H and O–H groups in total. The minimum Gasteiger partial charge on any atom is -0.130 e.